The smallest absolute Gasteiger partial charge is 0.141 e. The monoisotopic (exact) mass is 166 g/mol. The Labute approximate surface area is 74.5 Å². The lowest BCUT2D eigenvalue weighted by Crippen LogP contribution is -2.39. The van der Waals surface area contributed by atoms with Crippen LogP contribution in [-0.4, -0.2) is 5.78 Å². The van der Waals surface area contributed by atoms with E-state index in [2.05, 4.69) is 13.8 Å². The standard InChI is InChI=1S/C11H18O/c1-11(2)9-5-3-4-8(6-7-9)10(11)12/h8-9H,3-7H2,1-2H3. The Morgan fingerprint density at radius 1 is 1.17 bits per heavy atom. The summed E-state index contributed by atoms with van der Waals surface area (Å²) in [6.07, 6.45) is 6.20. The third kappa shape index (κ3) is 1.02. The van der Waals surface area contributed by atoms with Crippen molar-refractivity contribution in [2.24, 2.45) is 17.3 Å². The Morgan fingerprint density at radius 2 is 1.92 bits per heavy atom. The predicted octanol–water partition coefficient (Wildman–Crippen LogP) is 2.79. The lowest BCUT2D eigenvalue weighted by molar-refractivity contribution is -0.136. The Kier molecular flexibility index (Phi) is 1.78. The fourth-order valence-electron chi connectivity index (χ4n) is 3.01. The van der Waals surface area contributed by atoms with Crippen molar-refractivity contribution in [3.63, 3.8) is 0 Å². The van der Waals surface area contributed by atoms with Crippen LogP contribution in [0.1, 0.15) is 46.0 Å². The maximum Gasteiger partial charge on any atom is 0.141 e. The van der Waals surface area contributed by atoms with Crippen molar-refractivity contribution >= 4 is 5.78 Å². The van der Waals surface area contributed by atoms with Gasteiger partial charge in [-0.25, -0.2) is 0 Å². The predicted molar refractivity (Wildman–Crippen MR) is 48.9 cm³/mol. The highest BCUT2D eigenvalue weighted by Crippen LogP contribution is 2.47. The Balaban J connectivity index is 2.32. The number of carbonyl (C=O) groups excluding carboxylic acids is 1. The number of rotatable bonds is 0. The van der Waals surface area contributed by atoms with Crippen LogP contribution in [0.4, 0.5) is 0 Å². The van der Waals surface area contributed by atoms with Gasteiger partial charge in [-0.15, -0.1) is 0 Å². The van der Waals surface area contributed by atoms with Gasteiger partial charge in [0.15, 0.2) is 0 Å². The van der Waals surface area contributed by atoms with Crippen LogP contribution in [0, 0.1) is 17.3 Å². The second-order valence-electron chi connectivity index (χ2n) is 4.99. The van der Waals surface area contributed by atoms with Crippen molar-refractivity contribution in [3.8, 4) is 0 Å². The van der Waals surface area contributed by atoms with Crippen molar-refractivity contribution in [2.45, 2.75) is 46.0 Å². The summed E-state index contributed by atoms with van der Waals surface area (Å²) in [5.74, 6) is 1.65. The molecule has 2 bridgehead atoms. The largest absolute Gasteiger partial charge is 0.299 e. The van der Waals surface area contributed by atoms with E-state index < -0.39 is 0 Å². The zero-order valence-corrected chi connectivity index (χ0v) is 8.10. The summed E-state index contributed by atoms with van der Waals surface area (Å²) < 4.78 is 0. The molecule has 3 rings (SSSR count). The van der Waals surface area contributed by atoms with Gasteiger partial charge in [-0.2, -0.15) is 0 Å². The minimum atomic E-state index is -0.000579. The molecule has 0 N–H and O–H groups in total. The topological polar surface area (TPSA) is 17.1 Å². The van der Waals surface area contributed by atoms with Crippen molar-refractivity contribution in [1.29, 1.82) is 0 Å². The lowest BCUT2D eigenvalue weighted by atomic mass is 9.65. The fourth-order valence-corrected chi connectivity index (χ4v) is 3.01. The van der Waals surface area contributed by atoms with E-state index in [9.17, 15) is 4.79 Å². The minimum Gasteiger partial charge on any atom is -0.299 e. The van der Waals surface area contributed by atoms with Crippen LogP contribution in [0.2, 0.25) is 0 Å². The zero-order valence-electron chi connectivity index (χ0n) is 8.10. The van der Waals surface area contributed by atoms with E-state index in [4.69, 9.17) is 0 Å². The first-order valence-corrected chi connectivity index (χ1v) is 5.16. The summed E-state index contributed by atoms with van der Waals surface area (Å²) in [5, 5.41) is 0. The van der Waals surface area contributed by atoms with Gasteiger partial charge < -0.3 is 0 Å². The van der Waals surface area contributed by atoms with Crippen LogP contribution >= 0.6 is 0 Å². The fraction of sp³-hybridized carbons (Fsp3) is 0.909. The molecule has 3 saturated carbocycles. The molecule has 0 heterocycles. The van der Waals surface area contributed by atoms with Crippen LogP contribution < -0.4 is 0 Å². The molecule has 3 aliphatic rings. The molecule has 0 radical (unpaired) electrons. The van der Waals surface area contributed by atoms with Crippen molar-refractivity contribution in [1.82, 2.24) is 0 Å². The van der Waals surface area contributed by atoms with E-state index in [1.54, 1.807) is 0 Å². The minimum absolute atomic E-state index is 0.000579. The number of carbonyl (C=O) groups is 1. The van der Waals surface area contributed by atoms with E-state index in [1.807, 2.05) is 0 Å². The van der Waals surface area contributed by atoms with Crippen LogP contribution in [0.25, 0.3) is 0 Å². The van der Waals surface area contributed by atoms with Gasteiger partial charge >= 0.3 is 0 Å². The molecule has 12 heavy (non-hydrogen) atoms. The van der Waals surface area contributed by atoms with E-state index in [0.717, 1.165) is 0 Å². The third-order valence-corrected chi connectivity index (χ3v) is 4.00. The molecule has 2 atom stereocenters. The highest BCUT2D eigenvalue weighted by atomic mass is 16.1. The first-order chi connectivity index (χ1) is 5.62. The average Bonchev–Trinajstić information content (AvgIpc) is 2.29. The normalized spacial score (nSPS) is 39.7. The van der Waals surface area contributed by atoms with Gasteiger partial charge in [0.2, 0.25) is 0 Å². The average molecular weight is 166 g/mol. The van der Waals surface area contributed by atoms with E-state index >= 15 is 0 Å². The molecular formula is C11H18O. The Bertz CT molecular complexity index is 201. The lowest BCUT2D eigenvalue weighted by Gasteiger charge is -2.37. The molecule has 3 fully saturated rings. The molecule has 0 aromatic heterocycles. The molecule has 0 aromatic rings. The molecule has 0 aliphatic heterocycles. The van der Waals surface area contributed by atoms with Crippen molar-refractivity contribution in [3.05, 3.63) is 0 Å². The van der Waals surface area contributed by atoms with Gasteiger partial charge in [-0.3, -0.25) is 4.79 Å². The summed E-state index contributed by atoms with van der Waals surface area (Å²) in [6, 6.07) is 0. The molecule has 0 spiro atoms. The Hall–Kier alpha value is -0.330. The highest BCUT2D eigenvalue weighted by molar-refractivity contribution is 5.87. The van der Waals surface area contributed by atoms with Crippen LogP contribution in [0.5, 0.6) is 0 Å². The summed E-state index contributed by atoms with van der Waals surface area (Å²) in [7, 11) is 0. The number of ketones is 1. The van der Waals surface area contributed by atoms with E-state index in [1.165, 1.54) is 32.1 Å². The molecule has 0 saturated heterocycles. The van der Waals surface area contributed by atoms with Crippen LogP contribution in [0.3, 0.4) is 0 Å². The van der Waals surface area contributed by atoms with Gasteiger partial charge in [-0.05, 0) is 31.6 Å². The number of fused-ring (bicyclic) bond motifs is 4. The third-order valence-electron chi connectivity index (χ3n) is 4.00. The molecule has 0 aromatic carbocycles. The second kappa shape index (κ2) is 2.58. The molecule has 1 nitrogen and oxygen atoms in total. The molecule has 2 unspecified atom stereocenters. The summed E-state index contributed by atoms with van der Waals surface area (Å²) in [4.78, 5) is 11.9. The Morgan fingerprint density at radius 3 is 2.67 bits per heavy atom. The van der Waals surface area contributed by atoms with Gasteiger partial charge in [0.05, 0.1) is 0 Å². The van der Waals surface area contributed by atoms with Crippen molar-refractivity contribution in [2.75, 3.05) is 0 Å². The molecule has 3 aliphatic carbocycles. The van der Waals surface area contributed by atoms with E-state index in [-0.39, 0.29) is 5.41 Å². The van der Waals surface area contributed by atoms with Crippen LogP contribution in [0.15, 0.2) is 0 Å². The number of hydrogen-bond acceptors (Lipinski definition) is 1. The summed E-state index contributed by atoms with van der Waals surface area (Å²) in [6.45, 7) is 4.30. The number of hydrogen-bond donors (Lipinski definition) is 0. The second-order valence-corrected chi connectivity index (χ2v) is 4.99. The quantitative estimate of drug-likeness (QED) is 0.541. The first kappa shape index (κ1) is 8.28. The SMILES string of the molecule is CC1(C)C(=O)C2CCCC1CC2. The maximum absolute atomic E-state index is 11.9. The van der Waals surface area contributed by atoms with Crippen LogP contribution in [-0.2, 0) is 4.79 Å². The van der Waals surface area contributed by atoms with Crippen molar-refractivity contribution < 1.29 is 4.79 Å². The summed E-state index contributed by atoms with van der Waals surface area (Å²) in [5.41, 5.74) is -0.000579. The molecule has 68 valence electrons. The first-order valence-electron chi connectivity index (χ1n) is 5.16. The van der Waals surface area contributed by atoms with Gasteiger partial charge in [0.1, 0.15) is 5.78 Å². The van der Waals surface area contributed by atoms with Gasteiger partial charge in [-0.1, -0.05) is 20.3 Å². The van der Waals surface area contributed by atoms with Gasteiger partial charge in [0, 0.05) is 11.3 Å². The molecule has 0 amide bonds. The molecular weight excluding hydrogens is 148 g/mol. The zero-order chi connectivity index (χ0) is 8.77. The molecule has 1 heteroatoms. The summed E-state index contributed by atoms with van der Waals surface area (Å²) >= 11 is 0. The maximum atomic E-state index is 11.9. The van der Waals surface area contributed by atoms with Gasteiger partial charge in [0.25, 0.3) is 0 Å². The highest BCUT2D eigenvalue weighted by Gasteiger charge is 2.45. The number of Topliss-reactive ketones (excluding diaryl/α,β-unsaturated/α-hetero) is 1. The van der Waals surface area contributed by atoms with E-state index in [0.29, 0.717) is 17.6 Å².